The van der Waals surface area contributed by atoms with Gasteiger partial charge in [0.25, 0.3) is 0 Å². The Labute approximate surface area is 79.4 Å². The summed E-state index contributed by atoms with van der Waals surface area (Å²) in [6.07, 6.45) is 5.40. The molecule has 4 nitrogen and oxygen atoms in total. The first-order chi connectivity index (χ1) is 6.42. The normalized spacial score (nSPS) is 11.2. The number of nitrogens with one attached hydrogen (secondary N) is 1. The van der Waals surface area contributed by atoms with Crippen LogP contribution in [0.4, 0.5) is 0 Å². The molecule has 0 spiro atoms. The predicted octanol–water partition coefficient (Wildman–Crippen LogP) is 1.96. The molecule has 0 amide bonds. The van der Waals surface area contributed by atoms with Crippen molar-refractivity contribution < 1.29 is 0 Å². The van der Waals surface area contributed by atoms with Crippen molar-refractivity contribution in [3.8, 4) is 10.7 Å². The Morgan fingerprint density at radius 3 is 3.08 bits per heavy atom. The quantitative estimate of drug-likeness (QED) is 0.791. The topological polar surface area (TPSA) is 54.5 Å². The molecule has 13 heavy (non-hydrogen) atoms. The van der Waals surface area contributed by atoms with E-state index in [0.717, 1.165) is 16.4 Å². The number of rotatable bonds is 2. The summed E-state index contributed by atoms with van der Waals surface area (Å²) in [7, 11) is 0. The second-order valence-electron chi connectivity index (χ2n) is 2.40. The first kappa shape index (κ1) is 8.12. The van der Waals surface area contributed by atoms with E-state index < -0.39 is 0 Å². The van der Waals surface area contributed by atoms with Gasteiger partial charge in [0.1, 0.15) is 6.33 Å². The molecule has 0 saturated heterocycles. The van der Waals surface area contributed by atoms with Crippen molar-refractivity contribution in [3.05, 3.63) is 23.6 Å². The highest BCUT2D eigenvalue weighted by Crippen LogP contribution is 2.24. The molecule has 0 unspecified atom stereocenters. The number of H-pyrrole nitrogens is 1. The standard InChI is InChI=1S/C8H8N4S/c1-2-3-6-7(13-5-10-6)8-9-4-11-12-8/h2-5H,1H3,(H,9,11,12)/b3-2+. The Balaban J connectivity index is 2.46. The summed E-state index contributed by atoms with van der Waals surface area (Å²) in [6, 6.07) is 0. The number of hydrogen-bond donors (Lipinski definition) is 1. The number of thiazole rings is 1. The van der Waals surface area contributed by atoms with Crippen LogP contribution in [0.15, 0.2) is 17.9 Å². The molecule has 66 valence electrons. The number of hydrogen-bond acceptors (Lipinski definition) is 4. The van der Waals surface area contributed by atoms with Crippen LogP contribution in [0.25, 0.3) is 16.8 Å². The molecule has 0 aliphatic heterocycles. The molecular formula is C8H8N4S. The third-order valence-corrected chi connectivity index (χ3v) is 2.40. The molecule has 0 radical (unpaired) electrons. The minimum atomic E-state index is 0.774. The molecule has 0 fully saturated rings. The summed E-state index contributed by atoms with van der Waals surface area (Å²) in [4.78, 5) is 9.30. The summed E-state index contributed by atoms with van der Waals surface area (Å²) in [5.41, 5.74) is 2.73. The minimum Gasteiger partial charge on any atom is -0.259 e. The maximum atomic E-state index is 4.21. The Hall–Kier alpha value is -1.49. The maximum Gasteiger partial charge on any atom is 0.167 e. The second kappa shape index (κ2) is 3.49. The van der Waals surface area contributed by atoms with Crippen LogP contribution in [0.1, 0.15) is 12.6 Å². The molecule has 0 aliphatic carbocycles. The van der Waals surface area contributed by atoms with E-state index in [2.05, 4.69) is 20.2 Å². The number of allylic oxidation sites excluding steroid dienone is 1. The van der Waals surface area contributed by atoms with E-state index in [-0.39, 0.29) is 0 Å². The molecule has 2 heterocycles. The average molecular weight is 192 g/mol. The summed E-state index contributed by atoms with van der Waals surface area (Å²) >= 11 is 1.55. The van der Waals surface area contributed by atoms with Crippen molar-refractivity contribution in [2.45, 2.75) is 6.92 Å². The Bertz CT molecular complexity index is 401. The highest BCUT2D eigenvalue weighted by atomic mass is 32.1. The fourth-order valence-corrected chi connectivity index (χ4v) is 1.75. The van der Waals surface area contributed by atoms with Crippen LogP contribution in [-0.2, 0) is 0 Å². The number of aromatic amines is 1. The van der Waals surface area contributed by atoms with E-state index >= 15 is 0 Å². The monoisotopic (exact) mass is 192 g/mol. The summed E-state index contributed by atoms with van der Waals surface area (Å²) in [5.74, 6) is 0.774. The van der Waals surface area contributed by atoms with Crippen LogP contribution in [0, 0.1) is 0 Å². The van der Waals surface area contributed by atoms with Gasteiger partial charge in [-0.15, -0.1) is 11.3 Å². The fourth-order valence-electron chi connectivity index (χ4n) is 1.02. The van der Waals surface area contributed by atoms with Gasteiger partial charge in [0.05, 0.1) is 16.1 Å². The van der Waals surface area contributed by atoms with E-state index in [0.29, 0.717) is 0 Å². The van der Waals surface area contributed by atoms with Gasteiger partial charge in [0.2, 0.25) is 0 Å². The summed E-state index contributed by atoms with van der Waals surface area (Å²) in [5, 5.41) is 6.61. The van der Waals surface area contributed by atoms with E-state index in [1.54, 1.807) is 16.8 Å². The maximum absolute atomic E-state index is 4.21. The van der Waals surface area contributed by atoms with Gasteiger partial charge in [-0.1, -0.05) is 6.08 Å². The van der Waals surface area contributed by atoms with Gasteiger partial charge in [-0.25, -0.2) is 9.97 Å². The fraction of sp³-hybridized carbons (Fsp3) is 0.125. The molecule has 5 heteroatoms. The lowest BCUT2D eigenvalue weighted by Gasteiger charge is -1.90. The molecule has 2 rings (SSSR count). The largest absolute Gasteiger partial charge is 0.259 e. The zero-order chi connectivity index (χ0) is 9.10. The van der Waals surface area contributed by atoms with E-state index in [9.17, 15) is 0 Å². The van der Waals surface area contributed by atoms with Crippen LogP contribution in [0.5, 0.6) is 0 Å². The van der Waals surface area contributed by atoms with Gasteiger partial charge in [-0.05, 0) is 13.0 Å². The van der Waals surface area contributed by atoms with Crippen LogP contribution >= 0.6 is 11.3 Å². The molecule has 0 atom stereocenters. The van der Waals surface area contributed by atoms with Crippen molar-refractivity contribution in [3.63, 3.8) is 0 Å². The smallest absolute Gasteiger partial charge is 0.167 e. The lowest BCUT2D eigenvalue weighted by molar-refractivity contribution is 1.10. The van der Waals surface area contributed by atoms with Crippen LogP contribution in [-0.4, -0.2) is 20.2 Å². The first-order valence-corrected chi connectivity index (χ1v) is 4.71. The number of nitrogens with zero attached hydrogens (tertiary/aromatic N) is 3. The van der Waals surface area contributed by atoms with Crippen LogP contribution < -0.4 is 0 Å². The second-order valence-corrected chi connectivity index (χ2v) is 3.26. The highest BCUT2D eigenvalue weighted by molar-refractivity contribution is 7.13. The lowest BCUT2D eigenvalue weighted by Crippen LogP contribution is -1.80. The third kappa shape index (κ3) is 1.50. The Morgan fingerprint density at radius 1 is 1.46 bits per heavy atom. The predicted molar refractivity (Wildman–Crippen MR) is 52.2 cm³/mol. The van der Waals surface area contributed by atoms with Gasteiger partial charge in [-0.3, -0.25) is 5.10 Å². The average Bonchev–Trinajstić information content (AvgIpc) is 2.71. The zero-order valence-corrected chi connectivity index (χ0v) is 7.88. The van der Waals surface area contributed by atoms with Gasteiger partial charge in [-0.2, -0.15) is 5.10 Å². The number of aromatic nitrogens is 4. The SMILES string of the molecule is C/C=C/c1ncsc1-c1ncn[nH]1. The summed E-state index contributed by atoms with van der Waals surface area (Å²) < 4.78 is 0. The third-order valence-electron chi connectivity index (χ3n) is 1.55. The Morgan fingerprint density at radius 2 is 2.38 bits per heavy atom. The van der Waals surface area contributed by atoms with Crippen molar-refractivity contribution in [2.75, 3.05) is 0 Å². The van der Waals surface area contributed by atoms with E-state index in [1.807, 2.05) is 19.1 Å². The van der Waals surface area contributed by atoms with Gasteiger partial charge < -0.3 is 0 Å². The molecule has 0 aromatic carbocycles. The van der Waals surface area contributed by atoms with E-state index in [4.69, 9.17) is 0 Å². The highest BCUT2D eigenvalue weighted by Gasteiger charge is 2.07. The van der Waals surface area contributed by atoms with Crippen molar-refractivity contribution >= 4 is 17.4 Å². The Kier molecular flexibility index (Phi) is 2.18. The van der Waals surface area contributed by atoms with Gasteiger partial charge in [0, 0.05) is 0 Å². The van der Waals surface area contributed by atoms with Crippen LogP contribution in [0.2, 0.25) is 0 Å². The van der Waals surface area contributed by atoms with Gasteiger partial charge in [0.15, 0.2) is 5.82 Å². The van der Waals surface area contributed by atoms with Crippen molar-refractivity contribution in [1.29, 1.82) is 0 Å². The molecule has 0 aliphatic rings. The van der Waals surface area contributed by atoms with Crippen molar-refractivity contribution in [1.82, 2.24) is 20.2 Å². The molecule has 1 N–H and O–H groups in total. The lowest BCUT2D eigenvalue weighted by atomic mass is 10.3. The zero-order valence-electron chi connectivity index (χ0n) is 7.06. The van der Waals surface area contributed by atoms with Crippen LogP contribution in [0.3, 0.4) is 0 Å². The molecule has 2 aromatic rings. The molecule has 2 aromatic heterocycles. The molecular weight excluding hydrogens is 184 g/mol. The molecule has 0 saturated carbocycles. The van der Waals surface area contributed by atoms with Crippen molar-refractivity contribution in [2.24, 2.45) is 0 Å². The van der Waals surface area contributed by atoms with E-state index in [1.165, 1.54) is 6.33 Å². The molecule has 0 bridgehead atoms. The minimum absolute atomic E-state index is 0.774. The first-order valence-electron chi connectivity index (χ1n) is 3.83. The summed E-state index contributed by atoms with van der Waals surface area (Å²) in [6.45, 7) is 1.96. The van der Waals surface area contributed by atoms with Gasteiger partial charge >= 0.3 is 0 Å².